The molecule has 2 aromatic heterocycles. The Balaban J connectivity index is 1.37. The lowest BCUT2D eigenvalue weighted by atomic mass is 9.77. The van der Waals surface area contributed by atoms with Crippen molar-refractivity contribution in [2.75, 3.05) is 13.1 Å². The van der Waals surface area contributed by atoms with Crippen molar-refractivity contribution >= 4 is 0 Å². The van der Waals surface area contributed by atoms with Crippen molar-refractivity contribution in [3.05, 3.63) is 77.1 Å². The first-order chi connectivity index (χ1) is 13.7. The number of benzene rings is 1. The molecule has 5 rings (SSSR count). The quantitative estimate of drug-likeness (QED) is 0.702. The minimum absolute atomic E-state index is 0.220. The number of piperidine rings is 1. The predicted octanol–water partition coefficient (Wildman–Crippen LogP) is 3.51. The lowest BCUT2D eigenvalue weighted by molar-refractivity contribution is 0.136. The van der Waals surface area contributed by atoms with Crippen LogP contribution in [0.2, 0.25) is 0 Å². The molecule has 28 heavy (non-hydrogen) atoms. The van der Waals surface area contributed by atoms with Crippen LogP contribution in [0.4, 0.5) is 0 Å². The van der Waals surface area contributed by atoms with Gasteiger partial charge in [0.25, 0.3) is 0 Å². The van der Waals surface area contributed by atoms with Crippen molar-refractivity contribution in [3.63, 3.8) is 0 Å². The van der Waals surface area contributed by atoms with E-state index in [0.29, 0.717) is 0 Å². The third kappa shape index (κ3) is 3.24. The van der Waals surface area contributed by atoms with Crippen LogP contribution < -0.4 is 0 Å². The maximum Gasteiger partial charge on any atom is 0.125 e. The van der Waals surface area contributed by atoms with Crippen molar-refractivity contribution in [1.82, 2.24) is 24.6 Å². The Morgan fingerprint density at radius 3 is 2.75 bits per heavy atom. The Hall–Kier alpha value is -2.53. The van der Waals surface area contributed by atoms with Gasteiger partial charge in [0, 0.05) is 37.1 Å². The van der Waals surface area contributed by atoms with Crippen LogP contribution in [0.3, 0.4) is 0 Å². The van der Waals surface area contributed by atoms with Crippen molar-refractivity contribution in [3.8, 4) is 0 Å². The summed E-state index contributed by atoms with van der Waals surface area (Å²) in [4.78, 5) is 12.0. The summed E-state index contributed by atoms with van der Waals surface area (Å²) >= 11 is 0. The van der Waals surface area contributed by atoms with Gasteiger partial charge in [0.2, 0.25) is 0 Å². The largest absolute Gasteiger partial charge is 0.298 e. The summed E-state index contributed by atoms with van der Waals surface area (Å²) in [6, 6.07) is 10.8. The molecule has 5 nitrogen and oxygen atoms in total. The van der Waals surface area contributed by atoms with Gasteiger partial charge in [-0.1, -0.05) is 24.3 Å². The summed E-state index contributed by atoms with van der Waals surface area (Å²) < 4.78 is 2.00. The molecule has 1 atom stereocenters. The second-order valence-corrected chi connectivity index (χ2v) is 8.36. The van der Waals surface area contributed by atoms with Gasteiger partial charge in [0.05, 0.1) is 12.2 Å². The van der Waals surface area contributed by atoms with Gasteiger partial charge in [-0.05, 0) is 61.9 Å². The Morgan fingerprint density at radius 1 is 1.07 bits per heavy atom. The molecule has 1 aromatic carbocycles. The SMILES string of the molecule is Cc1ncc2c(n1)C1(CCCN(Cc3ccccc3Cn3cccn3)C1)CC2. The summed E-state index contributed by atoms with van der Waals surface area (Å²) in [6.07, 6.45) is 10.8. The van der Waals surface area contributed by atoms with Crippen LogP contribution in [0.25, 0.3) is 0 Å². The Bertz CT molecular complexity index is 961. The predicted molar refractivity (Wildman–Crippen MR) is 109 cm³/mol. The summed E-state index contributed by atoms with van der Waals surface area (Å²) in [5.74, 6) is 0.904. The van der Waals surface area contributed by atoms with E-state index in [1.807, 2.05) is 30.1 Å². The highest BCUT2D eigenvalue weighted by Crippen LogP contribution is 2.44. The van der Waals surface area contributed by atoms with Crippen LogP contribution in [0, 0.1) is 6.92 Å². The van der Waals surface area contributed by atoms with Crippen LogP contribution >= 0.6 is 0 Å². The molecular formula is C23H27N5. The summed E-state index contributed by atoms with van der Waals surface area (Å²) in [5, 5.41) is 4.38. The Labute approximate surface area is 166 Å². The van der Waals surface area contributed by atoms with E-state index in [9.17, 15) is 0 Å². The Kier molecular flexibility index (Phi) is 4.47. The molecule has 0 N–H and O–H groups in total. The molecule has 0 bridgehead atoms. The van der Waals surface area contributed by atoms with E-state index in [1.54, 1.807) is 0 Å². The number of hydrogen-bond donors (Lipinski definition) is 0. The van der Waals surface area contributed by atoms with Crippen LogP contribution in [0.5, 0.6) is 0 Å². The average Bonchev–Trinajstić information content (AvgIpc) is 3.33. The lowest BCUT2D eigenvalue weighted by Crippen LogP contribution is -2.45. The molecule has 5 heteroatoms. The maximum absolute atomic E-state index is 4.89. The molecule has 0 saturated carbocycles. The molecule has 1 aliphatic carbocycles. The molecular weight excluding hydrogens is 346 g/mol. The van der Waals surface area contributed by atoms with Gasteiger partial charge in [-0.25, -0.2) is 9.97 Å². The van der Waals surface area contributed by atoms with Crippen molar-refractivity contribution in [2.24, 2.45) is 0 Å². The lowest BCUT2D eigenvalue weighted by Gasteiger charge is -2.40. The van der Waals surface area contributed by atoms with Gasteiger partial charge in [-0.2, -0.15) is 5.10 Å². The van der Waals surface area contributed by atoms with Gasteiger partial charge < -0.3 is 0 Å². The van der Waals surface area contributed by atoms with Crippen LogP contribution in [0.1, 0.15) is 47.5 Å². The van der Waals surface area contributed by atoms with Gasteiger partial charge >= 0.3 is 0 Å². The molecule has 1 saturated heterocycles. The topological polar surface area (TPSA) is 46.8 Å². The fraction of sp³-hybridized carbons (Fsp3) is 0.435. The highest BCUT2D eigenvalue weighted by Gasteiger charge is 2.43. The minimum Gasteiger partial charge on any atom is -0.298 e. The van der Waals surface area contributed by atoms with E-state index in [0.717, 1.165) is 38.4 Å². The highest BCUT2D eigenvalue weighted by atomic mass is 15.3. The van der Waals surface area contributed by atoms with Crippen molar-refractivity contribution in [1.29, 1.82) is 0 Å². The number of nitrogens with zero attached hydrogens (tertiary/aromatic N) is 5. The molecule has 1 spiro atoms. The third-order valence-corrected chi connectivity index (χ3v) is 6.42. The fourth-order valence-corrected chi connectivity index (χ4v) is 5.06. The van der Waals surface area contributed by atoms with Crippen LogP contribution in [0.15, 0.2) is 48.9 Å². The Morgan fingerprint density at radius 2 is 1.93 bits per heavy atom. The van der Waals surface area contributed by atoms with Gasteiger partial charge in [0.15, 0.2) is 0 Å². The molecule has 1 aliphatic heterocycles. The zero-order valence-corrected chi connectivity index (χ0v) is 16.5. The summed E-state index contributed by atoms with van der Waals surface area (Å²) in [5.41, 5.74) is 5.68. The van der Waals surface area contributed by atoms with Crippen molar-refractivity contribution < 1.29 is 0 Å². The first kappa shape index (κ1) is 17.6. The molecule has 3 heterocycles. The third-order valence-electron chi connectivity index (χ3n) is 6.42. The van der Waals surface area contributed by atoms with E-state index >= 15 is 0 Å². The van der Waals surface area contributed by atoms with E-state index in [2.05, 4.69) is 45.4 Å². The summed E-state index contributed by atoms with van der Waals surface area (Å²) in [6.45, 7) is 6.11. The van der Waals surface area contributed by atoms with Gasteiger partial charge in [-0.3, -0.25) is 9.58 Å². The molecule has 0 radical (unpaired) electrons. The first-order valence-corrected chi connectivity index (χ1v) is 10.3. The number of fused-ring (bicyclic) bond motifs is 2. The van der Waals surface area contributed by atoms with E-state index in [4.69, 9.17) is 4.98 Å². The molecule has 1 unspecified atom stereocenters. The molecule has 2 aliphatic rings. The van der Waals surface area contributed by atoms with E-state index in [1.165, 1.54) is 41.6 Å². The number of aromatic nitrogens is 4. The number of likely N-dealkylation sites (tertiary alicyclic amines) is 1. The zero-order chi connectivity index (χ0) is 19.0. The van der Waals surface area contributed by atoms with Gasteiger partial charge in [-0.15, -0.1) is 0 Å². The number of hydrogen-bond acceptors (Lipinski definition) is 4. The molecule has 0 amide bonds. The van der Waals surface area contributed by atoms with Crippen molar-refractivity contribution in [2.45, 2.75) is 51.1 Å². The maximum atomic E-state index is 4.89. The number of rotatable bonds is 4. The highest BCUT2D eigenvalue weighted by molar-refractivity contribution is 5.34. The standard InChI is InChI=1S/C23H27N5/c1-18-24-14-19-8-10-23(22(19)26-18)9-4-12-27(17-23)15-20-6-2-3-7-21(20)16-28-13-5-11-25-28/h2-3,5-7,11,13-14H,4,8-10,12,15-17H2,1H3. The van der Waals surface area contributed by atoms with Gasteiger partial charge in [0.1, 0.15) is 5.82 Å². The van der Waals surface area contributed by atoms with Crippen LogP contribution in [-0.4, -0.2) is 37.7 Å². The molecule has 1 fully saturated rings. The summed E-state index contributed by atoms with van der Waals surface area (Å²) in [7, 11) is 0. The molecule has 144 valence electrons. The van der Waals surface area contributed by atoms with Crippen LogP contribution in [-0.2, 0) is 24.9 Å². The van der Waals surface area contributed by atoms with E-state index < -0.39 is 0 Å². The smallest absolute Gasteiger partial charge is 0.125 e. The molecule has 3 aromatic rings. The first-order valence-electron chi connectivity index (χ1n) is 10.3. The second kappa shape index (κ2) is 7.13. The monoisotopic (exact) mass is 373 g/mol. The average molecular weight is 374 g/mol. The fourth-order valence-electron chi connectivity index (χ4n) is 5.06. The van der Waals surface area contributed by atoms with E-state index in [-0.39, 0.29) is 5.41 Å². The zero-order valence-electron chi connectivity index (χ0n) is 16.5. The second-order valence-electron chi connectivity index (χ2n) is 8.36. The minimum atomic E-state index is 0.220. The normalized spacial score (nSPS) is 21.9. The number of aryl methyl sites for hydroxylation is 2.